The molecule has 3 nitrogen and oxygen atoms in total. The second kappa shape index (κ2) is 5.03. The number of hydrogen-bond donors (Lipinski definition) is 0. The monoisotopic (exact) mass is 241 g/mol. The summed E-state index contributed by atoms with van der Waals surface area (Å²) in [6, 6.07) is 2.25. The van der Waals surface area contributed by atoms with E-state index in [0.29, 0.717) is 0 Å². The van der Waals surface area contributed by atoms with Gasteiger partial charge in [0.25, 0.3) is 0 Å². The maximum absolute atomic E-state index is 8.71. The van der Waals surface area contributed by atoms with Crippen LogP contribution in [0.2, 0.25) is 0 Å². The van der Waals surface area contributed by atoms with Crippen LogP contribution in [0.3, 0.4) is 0 Å². The SMILES string of the molecule is Cn1cc(CCC(C#N)CBr)cn1. The Labute approximate surface area is 86.5 Å². The van der Waals surface area contributed by atoms with Crippen molar-refractivity contribution in [2.24, 2.45) is 13.0 Å². The summed E-state index contributed by atoms with van der Waals surface area (Å²) in [5, 5.41) is 13.5. The van der Waals surface area contributed by atoms with Gasteiger partial charge in [0.05, 0.1) is 18.2 Å². The molecule has 0 spiro atoms. The highest BCUT2D eigenvalue weighted by atomic mass is 79.9. The zero-order valence-electron chi connectivity index (χ0n) is 7.57. The second-order valence-electron chi connectivity index (χ2n) is 3.04. The summed E-state index contributed by atoms with van der Waals surface area (Å²) < 4.78 is 1.78. The first kappa shape index (κ1) is 10.3. The van der Waals surface area contributed by atoms with Crippen molar-refractivity contribution in [3.05, 3.63) is 18.0 Å². The third kappa shape index (κ3) is 3.19. The highest BCUT2D eigenvalue weighted by molar-refractivity contribution is 9.09. The van der Waals surface area contributed by atoms with Crippen molar-refractivity contribution < 1.29 is 0 Å². The van der Waals surface area contributed by atoms with Gasteiger partial charge in [-0.1, -0.05) is 15.9 Å². The van der Waals surface area contributed by atoms with Gasteiger partial charge in [-0.05, 0) is 18.4 Å². The third-order valence-electron chi connectivity index (χ3n) is 1.91. The zero-order valence-corrected chi connectivity index (χ0v) is 9.16. The van der Waals surface area contributed by atoms with E-state index in [9.17, 15) is 0 Å². The molecule has 70 valence electrons. The smallest absolute Gasteiger partial charge is 0.0664 e. The number of nitrogens with zero attached hydrogens (tertiary/aromatic N) is 3. The van der Waals surface area contributed by atoms with Gasteiger partial charge >= 0.3 is 0 Å². The first-order chi connectivity index (χ1) is 6.26. The van der Waals surface area contributed by atoms with Gasteiger partial charge in [0.2, 0.25) is 0 Å². The maximum atomic E-state index is 8.71. The third-order valence-corrected chi connectivity index (χ3v) is 2.69. The van der Waals surface area contributed by atoms with Gasteiger partial charge < -0.3 is 0 Å². The predicted octanol–water partition coefficient (Wildman–Crippen LogP) is 1.89. The molecule has 0 amide bonds. The quantitative estimate of drug-likeness (QED) is 0.756. The van der Waals surface area contributed by atoms with Crippen LogP contribution in [0.4, 0.5) is 0 Å². The molecule has 0 N–H and O–H groups in total. The summed E-state index contributed by atoms with van der Waals surface area (Å²) in [5.74, 6) is 0.111. The lowest BCUT2D eigenvalue weighted by Gasteiger charge is -2.01. The topological polar surface area (TPSA) is 41.6 Å². The summed E-state index contributed by atoms with van der Waals surface area (Å²) in [7, 11) is 1.90. The van der Waals surface area contributed by atoms with Gasteiger partial charge in [0, 0.05) is 18.6 Å². The molecular weight excluding hydrogens is 230 g/mol. The van der Waals surface area contributed by atoms with Crippen molar-refractivity contribution in [1.29, 1.82) is 5.26 Å². The van der Waals surface area contributed by atoms with E-state index in [0.717, 1.165) is 18.2 Å². The molecule has 0 aliphatic rings. The fraction of sp³-hybridized carbons (Fsp3) is 0.556. The van der Waals surface area contributed by atoms with Gasteiger partial charge in [0.1, 0.15) is 0 Å². The lowest BCUT2D eigenvalue weighted by molar-refractivity contribution is 0.672. The normalized spacial score (nSPS) is 12.4. The Morgan fingerprint density at radius 3 is 3.00 bits per heavy atom. The van der Waals surface area contributed by atoms with E-state index in [1.54, 1.807) is 4.68 Å². The largest absolute Gasteiger partial charge is 0.276 e. The van der Waals surface area contributed by atoms with Crippen molar-refractivity contribution in [3.63, 3.8) is 0 Å². The molecule has 0 radical (unpaired) electrons. The summed E-state index contributed by atoms with van der Waals surface area (Å²) >= 11 is 3.31. The number of aromatic nitrogens is 2. The van der Waals surface area contributed by atoms with Crippen molar-refractivity contribution in [3.8, 4) is 6.07 Å². The minimum absolute atomic E-state index is 0.111. The molecule has 1 aromatic rings. The first-order valence-electron chi connectivity index (χ1n) is 4.19. The Morgan fingerprint density at radius 1 is 1.77 bits per heavy atom. The van der Waals surface area contributed by atoms with E-state index >= 15 is 0 Å². The number of alkyl halides is 1. The Morgan fingerprint density at radius 2 is 2.54 bits per heavy atom. The first-order valence-corrected chi connectivity index (χ1v) is 5.31. The molecule has 4 heteroatoms. The molecule has 0 aliphatic carbocycles. The molecule has 1 aromatic heterocycles. The number of nitriles is 1. The Hall–Kier alpha value is -0.820. The minimum atomic E-state index is 0.111. The zero-order chi connectivity index (χ0) is 9.68. The van der Waals surface area contributed by atoms with Crippen LogP contribution in [0.25, 0.3) is 0 Å². The Balaban J connectivity index is 2.39. The predicted molar refractivity (Wildman–Crippen MR) is 54.4 cm³/mol. The molecule has 0 saturated carbocycles. The Kier molecular flexibility index (Phi) is 3.97. The minimum Gasteiger partial charge on any atom is -0.276 e. The molecule has 1 heterocycles. The van der Waals surface area contributed by atoms with Gasteiger partial charge in [0.15, 0.2) is 0 Å². The average Bonchev–Trinajstić information content (AvgIpc) is 2.53. The number of aryl methyl sites for hydroxylation is 2. The number of rotatable bonds is 4. The van der Waals surface area contributed by atoms with Crippen molar-refractivity contribution >= 4 is 15.9 Å². The van der Waals surface area contributed by atoms with Crippen LogP contribution >= 0.6 is 15.9 Å². The van der Waals surface area contributed by atoms with E-state index in [1.807, 2.05) is 19.4 Å². The van der Waals surface area contributed by atoms with Crippen LogP contribution in [0.15, 0.2) is 12.4 Å². The van der Waals surface area contributed by atoms with Crippen LogP contribution in [0.5, 0.6) is 0 Å². The van der Waals surface area contributed by atoms with Gasteiger partial charge in [-0.25, -0.2) is 0 Å². The van der Waals surface area contributed by atoms with Crippen LogP contribution < -0.4 is 0 Å². The van der Waals surface area contributed by atoms with Gasteiger partial charge in [-0.2, -0.15) is 10.4 Å². The van der Waals surface area contributed by atoms with Gasteiger partial charge in [-0.15, -0.1) is 0 Å². The molecule has 0 aliphatic heterocycles. The van der Waals surface area contributed by atoms with E-state index in [4.69, 9.17) is 5.26 Å². The fourth-order valence-corrected chi connectivity index (χ4v) is 1.59. The molecule has 1 atom stereocenters. The van der Waals surface area contributed by atoms with Crippen LogP contribution in [0.1, 0.15) is 12.0 Å². The van der Waals surface area contributed by atoms with Gasteiger partial charge in [-0.3, -0.25) is 4.68 Å². The number of halogens is 1. The van der Waals surface area contributed by atoms with E-state index in [1.165, 1.54) is 5.56 Å². The van der Waals surface area contributed by atoms with Crippen molar-refractivity contribution in [2.75, 3.05) is 5.33 Å². The van der Waals surface area contributed by atoms with Crippen LogP contribution in [-0.4, -0.2) is 15.1 Å². The average molecular weight is 242 g/mol. The number of hydrogen-bond acceptors (Lipinski definition) is 2. The standard InChI is InChI=1S/C9H12BrN3/c1-13-7-9(6-12-13)3-2-8(4-10)5-11/h6-8H,2-4H2,1H3. The summed E-state index contributed by atoms with van der Waals surface area (Å²) in [6.07, 6.45) is 5.66. The molecule has 0 aromatic carbocycles. The van der Waals surface area contributed by atoms with E-state index in [-0.39, 0.29) is 5.92 Å². The van der Waals surface area contributed by atoms with Crippen molar-refractivity contribution in [2.45, 2.75) is 12.8 Å². The highest BCUT2D eigenvalue weighted by Gasteiger charge is 2.05. The molecule has 1 rings (SSSR count). The molecule has 0 fully saturated rings. The fourth-order valence-electron chi connectivity index (χ4n) is 1.12. The molecule has 13 heavy (non-hydrogen) atoms. The molecule has 0 bridgehead atoms. The lowest BCUT2D eigenvalue weighted by atomic mass is 10.0. The summed E-state index contributed by atoms with van der Waals surface area (Å²) in [4.78, 5) is 0. The van der Waals surface area contributed by atoms with Crippen LogP contribution in [0, 0.1) is 17.2 Å². The van der Waals surface area contributed by atoms with Crippen LogP contribution in [-0.2, 0) is 13.5 Å². The Bertz CT molecular complexity index is 300. The van der Waals surface area contributed by atoms with Crippen molar-refractivity contribution in [1.82, 2.24) is 9.78 Å². The van der Waals surface area contributed by atoms with E-state index < -0.39 is 0 Å². The second-order valence-corrected chi connectivity index (χ2v) is 3.69. The summed E-state index contributed by atoms with van der Waals surface area (Å²) in [5.41, 5.74) is 1.20. The lowest BCUT2D eigenvalue weighted by Crippen LogP contribution is -1.99. The highest BCUT2D eigenvalue weighted by Crippen LogP contribution is 2.10. The maximum Gasteiger partial charge on any atom is 0.0664 e. The summed E-state index contributed by atoms with van der Waals surface area (Å²) in [6.45, 7) is 0. The molecular formula is C9H12BrN3. The molecule has 0 saturated heterocycles. The molecule has 1 unspecified atom stereocenters. The van der Waals surface area contributed by atoms with E-state index in [2.05, 4.69) is 27.1 Å².